The lowest BCUT2D eigenvalue weighted by Crippen LogP contribution is -2.31. The minimum absolute atomic E-state index is 0.110. The van der Waals surface area contributed by atoms with Crippen molar-refractivity contribution in [2.75, 3.05) is 13.2 Å². The van der Waals surface area contributed by atoms with Crippen LogP contribution in [-0.2, 0) is 12.7 Å². The highest BCUT2D eigenvalue weighted by atomic mass is 19.4. The molecule has 3 aromatic rings. The Morgan fingerprint density at radius 1 is 0.903 bits per heavy atom. The van der Waals surface area contributed by atoms with Gasteiger partial charge in [0.15, 0.2) is 0 Å². The normalized spacial score (nSPS) is 14.3. The number of fused-ring (bicyclic) bond motifs is 1. The van der Waals surface area contributed by atoms with Crippen LogP contribution in [0.3, 0.4) is 0 Å². The molecular formula is C25H20F3NO2. The van der Waals surface area contributed by atoms with Crippen LogP contribution in [-0.4, -0.2) is 24.0 Å². The van der Waals surface area contributed by atoms with Gasteiger partial charge in [-0.05, 0) is 41.0 Å². The van der Waals surface area contributed by atoms with Gasteiger partial charge in [0.05, 0.1) is 17.7 Å². The summed E-state index contributed by atoms with van der Waals surface area (Å²) >= 11 is 0. The standard InChI is InChI=1S/C25H20F3NO2/c26-25(27,28)21-11-8-18(9-12-21)6-7-19-10-13-23-22(16-19)24(30)29(14-15-31-23)17-20-4-2-1-3-5-20/h1-13,16H,14-15,17H2/b7-6+. The van der Waals surface area contributed by atoms with Crippen LogP contribution in [0.15, 0.2) is 72.8 Å². The molecule has 1 heterocycles. The lowest BCUT2D eigenvalue weighted by Gasteiger charge is -2.20. The lowest BCUT2D eigenvalue weighted by atomic mass is 10.1. The average molecular weight is 423 g/mol. The Bertz CT molecular complexity index is 1090. The van der Waals surface area contributed by atoms with Crippen LogP contribution in [0.4, 0.5) is 13.2 Å². The van der Waals surface area contributed by atoms with Crippen molar-refractivity contribution in [3.8, 4) is 5.75 Å². The van der Waals surface area contributed by atoms with E-state index < -0.39 is 11.7 Å². The number of amides is 1. The summed E-state index contributed by atoms with van der Waals surface area (Å²) in [6.45, 7) is 1.39. The van der Waals surface area contributed by atoms with Crippen LogP contribution in [0.2, 0.25) is 0 Å². The molecule has 0 aliphatic carbocycles. The number of rotatable bonds is 4. The minimum Gasteiger partial charge on any atom is -0.491 e. The van der Waals surface area contributed by atoms with Gasteiger partial charge in [-0.15, -0.1) is 0 Å². The molecule has 1 aliphatic heterocycles. The van der Waals surface area contributed by atoms with E-state index in [2.05, 4.69) is 0 Å². The second-order valence-corrected chi connectivity index (χ2v) is 7.27. The monoisotopic (exact) mass is 423 g/mol. The highest BCUT2D eigenvalue weighted by molar-refractivity contribution is 5.98. The molecule has 0 N–H and O–H groups in total. The molecule has 0 unspecified atom stereocenters. The maximum absolute atomic E-state index is 13.1. The molecule has 1 aliphatic rings. The fourth-order valence-corrected chi connectivity index (χ4v) is 3.41. The van der Waals surface area contributed by atoms with Crippen LogP contribution in [0.1, 0.15) is 32.6 Å². The molecule has 31 heavy (non-hydrogen) atoms. The van der Waals surface area contributed by atoms with Crippen molar-refractivity contribution < 1.29 is 22.7 Å². The van der Waals surface area contributed by atoms with Gasteiger partial charge in [0.1, 0.15) is 12.4 Å². The summed E-state index contributed by atoms with van der Waals surface area (Å²) in [6.07, 6.45) is -0.876. The van der Waals surface area contributed by atoms with E-state index in [4.69, 9.17) is 4.74 Å². The van der Waals surface area contributed by atoms with Crippen molar-refractivity contribution in [3.05, 3.63) is 101 Å². The topological polar surface area (TPSA) is 29.5 Å². The van der Waals surface area contributed by atoms with Gasteiger partial charge < -0.3 is 9.64 Å². The molecule has 1 amide bonds. The smallest absolute Gasteiger partial charge is 0.416 e. The zero-order valence-corrected chi connectivity index (χ0v) is 16.6. The highest BCUT2D eigenvalue weighted by Crippen LogP contribution is 2.30. The lowest BCUT2D eigenvalue weighted by molar-refractivity contribution is -0.137. The van der Waals surface area contributed by atoms with Gasteiger partial charge >= 0.3 is 6.18 Å². The zero-order valence-electron chi connectivity index (χ0n) is 16.6. The Balaban J connectivity index is 1.54. The molecule has 0 radical (unpaired) electrons. The first-order valence-electron chi connectivity index (χ1n) is 9.85. The fourth-order valence-electron chi connectivity index (χ4n) is 3.41. The van der Waals surface area contributed by atoms with Gasteiger partial charge in [-0.25, -0.2) is 0 Å². The maximum Gasteiger partial charge on any atom is 0.416 e. The summed E-state index contributed by atoms with van der Waals surface area (Å²) in [6, 6.07) is 20.0. The molecule has 4 rings (SSSR count). The van der Waals surface area contributed by atoms with Crippen molar-refractivity contribution in [2.45, 2.75) is 12.7 Å². The number of carbonyl (C=O) groups is 1. The van der Waals surface area contributed by atoms with Gasteiger partial charge in [-0.2, -0.15) is 13.2 Å². The van der Waals surface area contributed by atoms with Gasteiger partial charge in [-0.1, -0.05) is 60.7 Å². The average Bonchev–Trinajstić information content (AvgIpc) is 2.91. The number of halogens is 3. The number of hydrogen-bond acceptors (Lipinski definition) is 2. The Kier molecular flexibility index (Phi) is 5.80. The quantitative estimate of drug-likeness (QED) is 0.488. The number of carbonyl (C=O) groups excluding carboxylic acids is 1. The van der Waals surface area contributed by atoms with E-state index in [0.29, 0.717) is 36.6 Å². The number of alkyl halides is 3. The summed E-state index contributed by atoms with van der Waals surface area (Å²) in [5, 5.41) is 0. The van der Waals surface area contributed by atoms with Crippen LogP contribution in [0.5, 0.6) is 5.75 Å². The molecule has 3 aromatic carbocycles. The van der Waals surface area contributed by atoms with Crippen molar-refractivity contribution >= 4 is 18.1 Å². The molecular weight excluding hydrogens is 403 g/mol. The van der Waals surface area contributed by atoms with Crippen molar-refractivity contribution in [2.24, 2.45) is 0 Å². The van der Waals surface area contributed by atoms with Gasteiger partial charge in [-0.3, -0.25) is 4.79 Å². The molecule has 0 bridgehead atoms. The molecule has 0 fully saturated rings. The SMILES string of the molecule is O=C1c2cc(/C=C/c3ccc(C(F)(F)F)cc3)ccc2OCCN1Cc1ccccc1. The first-order chi connectivity index (χ1) is 14.9. The Labute approximate surface area is 178 Å². The summed E-state index contributed by atoms with van der Waals surface area (Å²) in [7, 11) is 0. The summed E-state index contributed by atoms with van der Waals surface area (Å²) < 4.78 is 43.9. The Morgan fingerprint density at radius 3 is 2.29 bits per heavy atom. The van der Waals surface area contributed by atoms with Crippen LogP contribution >= 0.6 is 0 Å². The van der Waals surface area contributed by atoms with Crippen LogP contribution in [0.25, 0.3) is 12.2 Å². The molecule has 3 nitrogen and oxygen atoms in total. The second-order valence-electron chi connectivity index (χ2n) is 7.27. The molecule has 6 heteroatoms. The number of ether oxygens (including phenoxy) is 1. The molecule has 0 spiro atoms. The van der Waals surface area contributed by atoms with Gasteiger partial charge in [0.2, 0.25) is 0 Å². The third-order valence-corrected chi connectivity index (χ3v) is 5.06. The van der Waals surface area contributed by atoms with E-state index in [1.807, 2.05) is 36.4 Å². The maximum atomic E-state index is 13.1. The van der Waals surface area contributed by atoms with Gasteiger partial charge in [0.25, 0.3) is 5.91 Å². The van der Waals surface area contributed by atoms with Crippen molar-refractivity contribution in [3.63, 3.8) is 0 Å². The largest absolute Gasteiger partial charge is 0.491 e. The zero-order chi connectivity index (χ0) is 21.8. The molecule has 0 saturated carbocycles. The van der Waals surface area contributed by atoms with Gasteiger partial charge in [0, 0.05) is 6.54 Å². The summed E-state index contributed by atoms with van der Waals surface area (Å²) in [5.41, 5.74) is 2.23. The highest BCUT2D eigenvalue weighted by Gasteiger charge is 2.29. The van der Waals surface area contributed by atoms with Crippen LogP contribution < -0.4 is 4.74 Å². The predicted molar refractivity (Wildman–Crippen MR) is 113 cm³/mol. The van der Waals surface area contributed by atoms with E-state index in [0.717, 1.165) is 23.3 Å². The second kappa shape index (κ2) is 8.68. The summed E-state index contributed by atoms with van der Waals surface area (Å²) in [4.78, 5) is 14.9. The number of nitrogens with zero attached hydrogens (tertiary/aromatic N) is 1. The van der Waals surface area contributed by atoms with E-state index >= 15 is 0 Å². The van der Waals surface area contributed by atoms with Crippen molar-refractivity contribution in [1.29, 1.82) is 0 Å². The third-order valence-electron chi connectivity index (χ3n) is 5.06. The van der Waals surface area contributed by atoms with Crippen molar-refractivity contribution in [1.82, 2.24) is 4.90 Å². The Hall–Kier alpha value is -3.54. The van der Waals surface area contributed by atoms with E-state index in [1.165, 1.54) is 12.1 Å². The summed E-state index contributed by atoms with van der Waals surface area (Å²) in [5.74, 6) is 0.424. The van der Waals surface area contributed by atoms with E-state index in [1.54, 1.807) is 29.2 Å². The third kappa shape index (κ3) is 4.97. The predicted octanol–water partition coefficient (Wildman–Crippen LogP) is 5.91. The fraction of sp³-hybridized carbons (Fsp3) is 0.160. The van der Waals surface area contributed by atoms with Crippen LogP contribution in [0, 0.1) is 0 Å². The molecule has 0 atom stereocenters. The molecule has 0 saturated heterocycles. The first-order valence-corrected chi connectivity index (χ1v) is 9.85. The van der Waals surface area contributed by atoms with E-state index in [9.17, 15) is 18.0 Å². The molecule has 158 valence electrons. The van der Waals surface area contributed by atoms with E-state index in [-0.39, 0.29) is 5.91 Å². The number of benzene rings is 3. The number of hydrogen-bond donors (Lipinski definition) is 0. The first kappa shape index (κ1) is 20.7. The molecule has 0 aromatic heterocycles. The minimum atomic E-state index is -4.36. The Morgan fingerprint density at radius 2 is 1.58 bits per heavy atom.